The quantitative estimate of drug-likeness (QED) is 0.598. The first-order valence-electron chi connectivity index (χ1n) is 8.26. The molecule has 2 aromatic carbocycles. The maximum absolute atomic E-state index is 13.7. The van der Waals surface area contributed by atoms with Crippen LogP contribution in [0.2, 0.25) is 0 Å². The molecule has 0 aliphatic carbocycles. The molecule has 0 spiro atoms. The second-order valence-corrected chi connectivity index (χ2v) is 6.79. The Morgan fingerprint density at radius 3 is 2.18 bits per heavy atom. The second-order valence-electron chi connectivity index (χ2n) is 5.84. The molecule has 6 nitrogen and oxygen atoms in total. The lowest BCUT2D eigenvalue weighted by Crippen LogP contribution is -2.14. The summed E-state index contributed by atoms with van der Waals surface area (Å²) in [5.74, 6) is -1.64. The third-order valence-corrected chi connectivity index (χ3v) is 4.55. The van der Waals surface area contributed by atoms with Crippen LogP contribution in [0.25, 0.3) is 0 Å². The molecule has 3 rings (SSSR count). The van der Waals surface area contributed by atoms with E-state index in [1.165, 1.54) is 30.4 Å². The summed E-state index contributed by atoms with van der Waals surface area (Å²) in [7, 11) is 0. The number of benzene rings is 2. The minimum atomic E-state index is -0.598. The summed E-state index contributed by atoms with van der Waals surface area (Å²) in [6, 6.07) is 13.8. The number of halogens is 1. The fraction of sp³-hybridized carbons (Fsp3) is 0.0500. The zero-order chi connectivity index (χ0) is 20.1. The first-order valence-corrected chi connectivity index (χ1v) is 9.14. The van der Waals surface area contributed by atoms with E-state index in [2.05, 4.69) is 16.0 Å². The Hall–Kier alpha value is -3.52. The monoisotopic (exact) mass is 397 g/mol. The van der Waals surface area contributed by atoms with Crippen molar-refractivity contribution in [3.63, 3.8) is 0 Å². The summed E-state index contributed by atoms with van der Waals surface area (Å²) in [4.78, 5) is 36.1. The van der Waals surface area contributed by atoms with Crippen molar-refractivity contribution >= 4 is 46.1 Å². The van der Waals surface area contributed by atoms with Gasteiger partial charge in [0.15, 0.2) is 0 Å². The van der Waals surface area contributed by atoms with E-state index in [0.29, 0.717) is 21.8 Å². The van der Waals surface area contributed by atoms with Crippen LogP contribution in [-0.4, -0.2) is 17.7 Å². The van der Waals surface area contributed by atoms with Crippen molar-refractivity contribution in [1.82, 2.24) is 0 Å². The lowest BCUT2D eigenvalue weighted by Gasteiger charge is -2.09. The highest BCUT2D eigenvalue weighted by molar-refractivity contribution is 7.12. The Labute approximate surface area is 164 Å². The van der Waals surface area contributed by atoms with E-state index < -0.39 is 17.6 Å². The van der Waals surface area contributed by atoms with Gasteiger partial charge in [0.1, 0.15) is 5.82 Å². The average molecular weight is 397 g/mol. The van der Waals surface area contributed by atoms with Gasteiger partial charge in [-0.2, -0.15) is 0 Å². The molecule has 0 bridgehead atoms. The molecule has 0 radical (unpaired) electrons. The van der Waals surface area contributed by atoms with Gasteiger partial charge in [0.05, 0.1) is 10.6 Å². The fourth-order valence-corrected chi connectivity index (χ4v) is 3.02. The largest absolute Gasteiger partial charge is 0.324 e. The number of nitrogens with one attached hydrogen (secondary N) is 3. The summed E-state index contributed by atoms with van der Waals surface area (Å²) in [6.45, 7) is 1.27. The van der Waals surface area contributed by atoms with Crippen LogP contribution in [0, 0.1) is 5.82 Å². The van der Waals surface area contributed by atoms with Crippen molar-refractivity contribution in [2.24, 2.45) is 0 Å². The third kappa shape index (κ3) is 4.80. The van der Waals surface area contributed by atoms with Gasteiger partial charge in [0.2, 0.25) is 5.91 Å². The van der Waals surface area contributed by atoms with Crippen molar-refractivity contribution in [3.8, 4) is 0 Å². The van der Waals surface area contributed by atoms with Gasteiger partial charge in [-0.25, -0.2) is 4.39 Å². The molecule has 0 aliphatic heterocycles. The van der Waals surface area contributed by atoms with Crippen LogP contribution in [0.3, 0.4) is 0 Å². The predicted octanol–water partition coefficient (Wildman–Crippen LogP) is 4.35. The van der Waals surface area contributed by atoms with Crippen molar-refractivity contribution in [2.75, 3.05) is 16.0 Å². The van der Waals surface area contributed by atoms with Crippen molar-refractivity contribution < 1.29 is 18.8 Å². The van der Waals surface area contributed by atoms with E-state index in [1.807, 2.05) is 5.38 Å². The number of hydrogen-bond acceptors (Lipinski definition) is 4. The lowest BCUT2D eigenvalue weighted by molar-refractivity contribution is -0.114. The third-order valence-electron chi connectivity index (χ3n) is 3.68. The van der Waals surface area contributed by atoms with Crippen LogP contribution in [0.5, 0.6) is 0 Å². The molecule has 8 heteroatoms. The number of rotatable bonds is 5. The highest BCUT2D eigenvalue weighted by Gasteiger charge is 2.11. The maximum atomic E-state index is 13.7. The highest BCUT2D eigenvalue weighted by atomic mass is 32.1. The van der Waals surface area contributed by atoms with Crippen molar-refractivity contribution in [1.29, 1.82) is 0 Å². The second kappa shape index (κ2) is 8.45. The number of hydrogen-bond donors (Lipinski definition) is 3. The molecule has 1 heterocycles. The van der Waals surface area contributed by atoms with Gasteiger partial charge in [-0.1, -0.05) is 6.07 Å². The minimum Gasteiger partial charge on any atom is -0.324 e. The van der Waals surface area contributed by atoms with E-state index in [9.17, 15) is 18.8 Å². The van der Waals surface area contributed by atoms with Gasteiger partial charge in [0.25, 0.3) is 11.8 Å². The zero-order valence-corrected chi connectivity index (χ0v) is 15.6. The molecule has 3 N–H and O–H groups in total. The van der Waals surface area contributed by atoms with Gasteiger partial charge < -0.3 is 16.0 Å². The van der Waals surface area contributed by atoms with Gasteiger partial charge in [-0.15, -0.1) is 11.3 Å². The fourth-order valence-electron chi connectivity index (χ4n) is 2.40. The molecule has 3 amide bonds. The predicted molar refractivity (Wildman–Crippen MR) is 107 cm³/mol. The maximum Gasteiger partial charge on any atom is 0.265 e. The normalized spacial score (nSPS) is 10.2. The standard InChI is InChI=1S/C20H16FN3O3S/c1-12(25)22-17-11-15(8-9-16(17)21)24-19(26)13-4-6-14(7-5-13)23-20(27)18-3-2-10-28-18/h2-11H,1H3,(H,22,25)(H,23,27)(H,24,26). The Morgan fingerprint density at radius 2 is 1.54 bits per heavy atom. The van der Waals surface area contributed by atoms with Crippen molar-refractivity contribution in [3.05, 3.63) is 76.2 Å². The van der Waals surface area contributed by atoms with E-state index in [-0.39, 0.29) is 11.6 Å². The minimum absolute atomic E-state index is 0.0167. The van der Waals surface area contributed by atoms with Crippen LogP contribution in [0.1, 0.15) is 27.0 Å². The molecular formula is C20H16FN3O3S. The molecule has 1 aromatic heterocycles. The first-order chi connectivity index (χ1) is 13.4. The summed E-state index contributed by atoms with van der Waals surface area (Å²) >= 11 is 1.34. The molecule has 0 unspecified atom stereocenters. The van der Waals surface area contributed by atoms with Gasteiger partial charge in [0, 0.05) is 23.9 Å². The van der Waals surface area contributed by atoms with E-state index >= 15 is 0 Å². The van der Waals surface area contributed by atoms with Crippen LogP contribution in [0.15, 0.2) is 60.0 Å². The molecule has 0 atom stereocenters. The summed E-state index contributed by atoms with van der Waals surface area (Å²) in [5.41, 5.74) is 1.24. The summed E-state index contributed by atoms with van der Waals surface area (Å²) in [6.07, 6.45) is 0. The van der Waals surface area contributed by atoms with E-state index in [0.717, 1.165) is 6.07 Å². The van der Waals surface area contributed by atoms with Crippen molar-refractivity contribution in [2.45, 2.75) is 6.92 Å². The molecule has 0 saturated carbocycles. The Morgan fingerprint density at radius 1 is 0.857 bits per heavy atom. The van der Waals surface area contributed by atoms with Crippen LogP contribution >= 0.6 is 11.3 Å². The Kier molecular flexibility index (Phi) is 5.81. The molecule has 142 valence electrons. The van der Waals surface area contributed by atoms with Crippen LogP contribution in [0.4, 0.5) is 21.5 Å². The lowest BCUT2D eigenvalue weighted by atomic mass is 10.2. The Bertz CT molecular complexity index is 1020. The molecule has 0 aliphatic rings. The van der Waals surface area contributed by atoms with Crippen LogP contribution in [-0.2, 0) is 4.79 Å². The van der Waals surface area contributed by atoms with E-state index in [4.69, 9.17) is 0 Å². The first kappa shape index (κ1) is 19.2. The number of carbonyl (C=O) groups is 3. The molecule has 0 fully saturated rings. The molecule has 3 aromatic rings. The number of amides is 3. The SMILES string of the molecule is CC(=O)Nc1cc(NC(=O)c2ccc(NC(=O)c3cccs3)cc2)ccc1F. The number of carbonyl (C=O) groups excluding carboxylic acids is 3. The van der Waals surface area contributed by atoms with E-state index in [1.54, 1.807) is 36.4 Å². The summed E-state index contributed by atoms with van der Waals surface area (Å²) < 4.78 is 13.7. The van der Waals surface area contributed by atoms with Gasteiger partial charge in [-0.3, -0.25) is 14.4 Å². The summed E-state index contributed by atoms with van der Waals surface area (Å²) in [5, 5.41) is 9.56. The molecule has 0 saturated heterocycles. The van der Waals surface area contributed by atoms with Gasteiger partial charge >= 0.3 is 0 Å². The molecular weight excluding hydrogens is 381 g/mol. The Balaban J connectivity index is 1.66. The molecule has 28 heavy (non-hydrogen) atoms. The van der Waals surface area contributed by atoms with Crippen LogP contribution < -0.4 is 16.0 Å². The average Bonchev–Trinajstić information content (AvgIpc) is 3.19. The number of thiophene rings is 1. The topological polar surface area (TPSA) is 87.3 Å². The highest BCUT2D eigenvalue weighted by Crippen LogP contribution is 2.21. The smallest absolute Gasteiger partial charge is 0.265 e. The van der Waals surface area contributed by atoms with Gasteiger partial charge in [-0.05, 0) is 53.9 Å². The number of anilines is 3. The zero-order valence-electron chi connectivity index (χ0n) is 14.8.